The van der Waals surface area contributed by atoms with Crippen LogP contribution in [0.2, 0.25) is 157 Å². The van der Waals surface area contributed by atoms with E-state index in [9.17, 15) is 0 Å². The molecule has 422 valence electrons. The number of benzene rings is 6. The SMILES string of the molecule is COc1cc(OC)c(-c2c(OC)cc(OC)cc2P(c2cc([Si](C)(C)C)cc([Si](C)(C)C)c2)c2cc([Si](C)(C)C)cc([Si](C)(C)C)c2)c(P(c2cc([Si](C)(C)C)cc([Si](C)(C)C)c2)c2cc([Si](C)(C)C)cc([Si](C)(C)C)c2)c1. The second kappa shape index (κ2) is 23.0. The normalized spacial score (nSPS) is 13.4. The standard InChI is InChI=1S/C64H100O4P2Si8/c1-65-45-29-59(67-3)63(61(31-45)69(47-33-51(71(5,6)7)41-52(34-47)72(8,9)10)48-35-53(73(11,12)13)42-54(36-48)74(14,15)16)64-60(68-4)30-46(66-2)32-62(64)70(49-37-55(75(17,18)19)43-56(38-49)76(20,21)22)50-39-57(77(23,24)25)44-58(40-50)78(26,27)28/h29-44H,1-28H3. The van der Waals surface area contributed by atoms with Gasteiger partial charge in [-0.2, -0.15) is 0 Å². The highest BCUT2D eigenvalue weighted by Crippen LogP contribution is 2.49. The molecule has 14 heteroatoms. The van der Waals surface area contributed by atoms with Crippen LogP contribution in [0.1, 0.15) is 0 Å². The van der Waals surface area contributed by atoms with Crippen LogP contribution in [0.25, 0.3) is 11.1 Å². The minimum Gasteiger partial charge on any atom is -0.497 e. The molecule has 78 heavy (non-hydrogen) atoms. The van der Waals surface area contributed by atoms with Gasteiger partial charge in [-0.1, -0.05) is 271 Å². The first-order valence-electron chi connectivity index (χ1n) is 28.3. The first-order valence-corrected chi connectivity index (χ1v) is 59.0. The van der Waals surface area contributed by atoms with Crippen molar-refractivity contribution >= 4 is 154 Å². The maximum absolute atomic E-state index is 6.87. The minimum absolute atomic E-state index is 0.785. The molecule has 0 saturated carbocycles. The van der Waals surface area contributed by atoms with E-state index >= 15 is 0 Å². The van der Waals surface area contributed by atoms with Crippen LogP contribution in [0, 0.1) is 0 Å². The van der Waals surface area contributed by atoms with Gasteiger partial charge in [0, 0.05) is 33.9 Å². The molecule has 0 aliphatic heterocycles. The molecule has 0 radical (unpaired) electrons. The third kappa shape index (κ3) is 14.6. The zero-order chi connectivity index (χ0) is 58.8. The van der Waals surface area contributed by atoms with Crippen molar-refractivity contribution in [3.63, 3.8) is 0 Å². The minimum atomic E-state index is -1.84. The van der Waals surface area contributed by atoms with Crippen molar-refractivity contribution in [2.24, 2.45) is 0 Å². The highest BCUT2D eigenvalue weighted by atomic mass is 31.1. The van der Waals surface area contributed by atoms with Crippen LogP contribution < -0.4 is 92.3 Å². The number of ether oxygens (including phenoxy) is 4. The largest absolute Gasteiger partial charge is 0.497 e. The Morgan fingerprint density at radius 2 is 0.410 bits per heavy atom. The summed E-state index contributed by atoms with van der Waals surface area (Å²) in [6.07, 6.45) is 0. The van der Waals surface area contributed by atoms with E-state index in [0.29, 0.717) is 0 Å². The summed E-state index contributed by atoms with van der Waals surface area (Å²) in [6.45, 7) is 60.4. The Hall–Kier alpha value is -2.88. The third-order valence-electron chi connectivity index (χ3n) is 15.4. The van der Waals surface area contributed by atoms with Gasteiger partial charge in [0.25, 0.3) is 0 Å². The molecule has 4 nitrogen and oxygen atoms in total. The predicted molar refractivity (Wildman–Crippen MR) is 379 cm³/mol. The summed E-state index contributed by atoms with van der Waals surface area (Å²) in [5.41, 5.74) is 2.15. The second-order valence-corrected chi connectivity index (χ2v) is 75.2. The van der Waals surface area contributed by atoms with Crippen molar-refractivity contribution in [1.82, 2.24) is 0 Å². The predicted octanol–water partition coefficient (Wildman–Crippen LogP) is 11.3. The molecule has 0 heterocycles. The van der Waals surface area contributed by atoms with Crippen LogP contribution >= 0.6 is 15.8 Å². The molecule has 0 aliphatic rings. The molecule has 0 aromatic heterocycles. The molecule has 6 aromatic rings. The Bertz CT molecular complexity index is 2680. The Labute approximate surface area is 485 Å². The van der Waals surface area contributed by atoms with E-state index in [2.05, 4.69) is 254 Å². The van der Waals surface area contributed by atoms with E-state index in [1.165, 1.54) is 73.3 Å². The summed E-state index contributed by atoms with van der Waals surface area (Å²) in [4.78, 5) is 0. The maximum atomic E-state index is 6.87. The van der Waals surface area contributed by atoms with Crippen molar-refractivity contribution in [2.45, 2.75) is 157 Å². The molecule has 6 rings (SSSR count). The average Bonchev–Trinajstić information content (AvgIpc) is 3.32. The smallest absolute Gasteiger partial charge is 0.131 e. The first-order chi connectivity index (χ1) is 35.5. The Balaban J connectivity index is 2.00. The van der Waals surface area contributed by atoms with Gasteiger partial charge in [-0.15, -0.1) is 0 Å². The summed E-state index contributed by atoms with van der Waals surface area (Å²) in [7, 11) is -9.91. The van der Waals surface area contributed by atoms with Crippen molar-refractivity contribution in [1.29, 1.82) is 0 Å². The van der Waals surface area contributed by atoms with E-state index in [1.54, 1.807) is 0 Å². The van der Waals surface area contributed by atoms with Gasteiger partial charge < -0.3 is 18.9 Å². The maximum Gasteiger partial charge on any atom is 0.131 e. The number of methoxy groups -OCH3 is 4. The average molecular weight is 1220 g/mol. The summed E-state index contributed by atoms with van der Waals surface area (Å²) in [5, 5.41) is 20.2. The summed E-state index contributed by atoms with van der Waals surface area (Å²) >= 11 is 0. The van der Waals surface area contributed by atoms with Crippen LogP contribution in [-0.2, 0) is 0 Å². The molecule has 0 unspecified atom stereocenters. The van der Waals surface area contributed by atoms with Gasteiger partial charge in [-0.05, 0) is 49.2 Å². The molecular formula is C64H100O4P2Si8. The van der Waals surface area contributed by atoms with Crippen molar-refractivity contribution < 1.29 is 18.9 Å². The highest BCUT2D eigenvalue weighted by Gasteiger charge is 2.37. The molecule has 0 atom stereocenters. The molecule has 0 spiro atoms. The fourth-order valence-electron chi connectivity index (χ4n) is 9.84. The van der Waals surface area contributed by atoms with E-state index < -0.39 is 80.4 Å². The lowest BCUT2D eigenvalue weighted by Gasteiger charge is -2.33. The molecule has 0 saturated heterocycles. The zero-order valence-electron chi connectivity index (χ0n) is 53.8. The molecule has 0 fully saturated rings. The Kier molecular flexibility index (Phi) is 19.0. The van der Waals surface area contributed by atoms with Crippen molar-refractivity contribution in [2.75, 3.05) is 28.4 Å². The van der Waals surface area contributed by atoms with Gasteiger partial charge in [0.15, 0.2) is 0 Å². The quantitative estimate of drug-likeness (QED) is 0.0598. The van der Waals surface area contributed by atoms with Crippen molar-refractivity contribution in [3.8, 4) is 34.1 Å². The lowest BCUT2D eigenvalue weighted by molar-refractivity contribution is 0.392. The van der Waals surface area contributed by atoms with Crippen LogP contribution in [0.5, 0.6) is 23.0 Å². The molecule has 6 aromatic carbocycles. The van der Waals surface area contributed by atoms with E-state index in [-0.39, 0.29) is 0 Å². The molecule has 0 bridgehead atoms. The Morgan fingerprint density at radius 1 is 0.231 bits per heavy atom. The van der Waals surface area contributed by atoms with E-state index in [4.69, 9.17) is 18.9 Å². The van der Waals surface area contributed by atoms with Crippen LogP contribution in [-0.4, -0.2) is 93.0 Å². The zero-order valence-corrected chi connectivity index (χ0v) is 63.6. The van der Waals surface area contributed by atoms with E-state index in [0.717, 1.165) is 34.1 Å². The van der Waals surface area contributed by atoms with Crippen LogP contribution in [0.15, 0.2) is 97.1 Å². The van der Waals surface area contributed by atoms with Crippen LogP contribution in [0.4, 0.5) is 0 Å². The lowest BCUT2D eigenvalue weighted by atomic mass is 10.0. The van der Waals surface area contributed by atoms with Crippen LogP contribution in [0.3, 0.4) is 0 Å². The second-order valence-electron chi connectivity index (χ2n) is 30.2. The first kappa shape index (κ1) is 64.3. The summed E-state index contributed by atoms with van der Waals surface area (Å²) in [5.74, 6) is 3.15. The lowest BCUT2D eigenvalue weighted by Crippen LogP contribution is -2.49. The topological polar surface area (TPSA) is 36.9 Å². The summed E-state index contributed by atoms with van der Waals surface area (Å²) in [6, 6.07) is 40.5. The fraction of sp³-hybridized carbons (Fsp3) is 0.438. The van der Waals surface area contributed by atoms with Gasteiger partial charge in [0.1, 0.15) is 23.0 Å². The van der Waals surface area contributed by atoms with Gasteiger partial charge in [0.2, 0.25) is 0 Å². The molecule has 0 aliphatic carbocycles. The number of rotatable bonds is 19. The highest BCUT2D eigenvalue weighted by molar-refractivity contribution is 7.81. The van der Waals surface area contributed by atoms with Crippen molar-refractivity contribution in [3.05, 3.63) is 97.1 Å². The van der Waals surface area contributed by atoms with Gasteiger partial charge in [-0.25, -0.2) is 0 Å². The number of hydrogen-bond acceptors (Lipinski definition) is 4. The molecule has 0 N–H and O–H groups in total. The summed E-state index contributed by atoms with van der Waals surface area (Å²) < 4.78 is 26.6. The van der Waals surface area contributed by atoms with Gasteiger partial charge in [0.05, 0.1) is 93.0 Å². The molecule has 0 amide bonds. The Morgan fingerprint density at radius 3 is 0.551 bits per heavy atom. The monoisotopic (exact) mass is 1220 g/mol. The molecular weight excluding hydrogens is 1120 g/mol. The van der Waals surface area contributed by atoms with E-state index in [1.807, 2.05) is 28.4 Å². The fourth-order valence-corrected chi connectivity index (χ4v) is 26.1. The third-order valence-corrected chi connectivity index (χ3v) is 36.3. The van der Waals surface area contributed by atoms with Gasteiger partial charge >= 0.3 is 0 Å². The number of hydrogen-bond donors (Lipinski definition) is 0. The van der Waals surface area contributed by atoms with Gasteiger partial charge in [-0.3, -0.25) is 0 Å².